The van der Waals surface area contributed by atoms with E-state index >= 15 is 0 Å². The summed E-state index contributed by atoms with van der Waals surface area (Å²) < 4.78 is 11.0. The molecule has 0 unspecified atom stereocenters. The van der Waals surface area contributed by atoms with Crippen LogP contribution >= 0.6 is 0 Å². The van der Waals surface area contributed by atoms with Gasteiger partial charge in [-0.1, -0.05) is 26.0 Å². The van der Waals surface area contributed by atoms with E-state index in [2.05, 4.69) is 29.5 Å². The summed E-state index contributed by atoms with van der Waals surface area (Å²) in [7, 11) is 1.76. The van der Waals surface area contributed by atoms with Crippen molar-refractivity contribution in [2.75, 3.05) is 51.4 Å². The molecule has 1 aromatic carbocycles. The summed E-state index contributed by atoms with van der Waals surface area (Å²) in [5.74, 6) is 2.10. The molecule has 1 aliphatic heterocycles. The number of ether oxygens (including phenoxy) is 2. The van der Waals surface area contributed by atoms with E-state index in [-0.39, 0.29) is 12.5 Å². The summed E-state index contributed by atoms with van der Waals surface area (Å²) in [6.45, 7) is 8.14. The molecular weight excluding hydrogens is 344 g/mol. The number of hydrogen-bond acceptors (Lipinski definition) is 4. The van der Waals surface area contributed by atoms with Crippen molar-refractivity contribution in [3.05, 3.63) is 24.3 Å². The van der Waals surface area contributed by atoms with Gasteiger partial charge in [-0.05, 0) is 30.9 Å². The van der Waals surface area contributed by atoms with E-state index in [1.165, 1.54) is 0 Å². The molecule has 0 saturated heterocycles. The first-order chi connectivity index (χ1) is 13.1. The highest BCUT2D eigenvalue weighted by molar-refractivity contribution is 5.97. The predicted molar refractivity (Wildman–Crippen MR) is 109 cm³/mol. The molecular formula is C20H32N4O3. The number of nitrogens with zero attached hydrogens (tertiary/aromatic N) is 2. The van der Waals surface area contributed by atoms with E-state index in [1.807, 2.05) is 24.3 Å². The molecule has 7 heteroatoms. The standard InChI is InChI=1S/C20H32N4O3/c1-16(2)14-26-13-7-11-23-20(21-3)22-10-6-12-24-17-8-4-5-9-18(17)27-15-19(24)25/h4-5,8-9,16H,6-7,10-15H2,1-3H3,(H2,21,22,23). The number of para-hydroxylation sites is 2. The van der Waals surface area contributed by atoms with Crippen molar-refractivity contribution >= 4 is 17.6 Å². The molecule has 1 heterocycles. The lowest BCUT2D eigenvalue weighted by atomic mass is 10.2. The summed E-state index contributed by atoms with van der Waals surface area (Å²) in [4.78, 5) is 18.2. The Morgan fingerprint density at radius 2 is 2.00 bits per heavy atom. The fraction of sp³-hybridized carbons (Fsp3) is 0.600. The zero-order valence-corrected chi connectivity index (χ0v) is 16.7. The summed E-state index contributed by atoms with van der Waals surface area (Å²) in [6, 6.07) is 7.64. The number of carbonyl (C=O) groups excluding carboxylic acids is 1. The van der Waals surface area contributed by atoms with Crippen LogP contribution in [0.3, 0.4) is 0 Å². The number of guanidine groups is 1. The van der Waals surface area contributed by atoms with Gasteiger partial charge in [-0.15, -0.1) is 0 Å². The molecule has 1 aromatic rings. The number of hydrogen-bond donors (Lipinski definition) is 2. The highest BCUT2D eigenvalue weighted by Gasteiger charge is 2.24. The van der Waals surface area contributed by atoms with E-state index < -0.39 is 0 Å². The van der Waals surface area contributed by atoms with Crippen LogP contribution in [-0.2, 0) is 9.53 Å². The lowest BCUT2D eigenvalue weighted by Gasteiger charge is -2.29. The molecule has 0 radical (unpaired) electrons. The normalized spacial score (nSPS) is 14.1. The molecule has 7 nitrogen and oxygen atoms in total. The van der Waals surface area contributed by atoms with Gasteiger partial charge in [-0.2, -0.15) is 0 Å². The van der Waals surface area contributed by atoms with Gasteiger partial charge in [0.15, 0.2) is 12.6 Å². The molecule has 0 aliphatic carbocycles. The van der Waals surface area contributed by atoms with Gasteiger partial charge in [0.1, 0.15) is 5.75 Å². The smallest absolute Gasteiger partial charge is 0.265 e. The molecule has 1 amide bonds. The van der Waals surface area contributed by atoms with E-state index in [4.69, 9.17) is 9.47 Å². The molecule has 0 atom stereocenters. The van der Waals surface area contributed by atoms with Gasteiger partial charge in [0.2, 0.25) is 0 Å². The summed E-state index contributed by atoms with van der Waals surface area (Å²) in [5.41, 5.74) is 0.845. The van der Waals surface area contributed by atoms with Crippen LogP contribution < -0.4 is 20.3 Å². The van der Waals surface area contributed by atoms with Gasteiger partial charge in [-0.25, -0.2) is 0 Å². The van der Waals surface area contributed by atoms with Gasteiger partial charge >= 0.3 is 0 Å². The Bertz CT molecular complexity index is 619. The number of aliphatic imine (C=N–C) groups is 1. The van der Waals surface area contributed by atoms with Crippen LogP contribution in [0.1, 0.15) is 26.7 Å². The number of rotatable bonds is 10. The third-order valence-corrected chi connectivity index (χ3v) is 4.09. The Morgan fingerprint density at radius 1 is 1.26 bits per heavy atom. The molecule has 0 aromatic heterocycles. The van der Waals surface area contributed by atoms with Crippen LogP contribution in [0.2, 0.25) is 0 Å². The zero-order valence-electron chi connectivity index (χ0n) is 16.7. The van der Waals surface area contributed by atoms with Gasteiger partial charge < -0.3 is 25.0 Å². The van der Waals surface area contributed by atoms with Crippen LogP contribution in [0.5, 0.6) is 5.75 Å². The molecule has 2 N–H and O–H groups in total. The largest absolute Gasteiger partial charge is 0.482 e. The monoisotopic (exact) mass is 376 g/mol. The second-order valence-corrected chi connectivity index (χ2v) is 6.90. The van der Waals surface area contributed by atoms with Crippen molar-refractivity contribution in [1.29, 1.82) is 0 Å². The fourth-order valence-corrected chi connectivity index (χ4v) is 2.76. The Morgan fingerprint density at radius 3 is 2.74 bits per heavy atom. The maximum atomic E-state index is 12.1. The highest BCUT2D eigenvalue weighted by Crippen LogP contribution is 2.31. The SMILES string of the molecule is CN=C(NCCCOCC(C)C)NCCCN1C(=O)COc2ccccc21. The van der Waals surface area contributed by atoms with Crippen LogP contribution in [0.25, 0.3) is 0 Å². The Kier molecular flexibility index (Phi) is 8.91. The lowest BCUT2D eigenvalue weighted by molar-refractivity contribution is -0.121. The minimum absolute atomic E-state index is 0.00222. The van der Waals surface area contributed by atoms with Crippen molar-refractivity contribution in [3.63, 3.8) is 0 Å². The number of amides is 1. The van der Waals surface area contributed by atoms with Crippen molar-refractivity contribution in [2.24, 2.45) is 10.9 Å². The Balaban J connectivity index is 1.64. The van der Waals surface area contributed by atoms with Gasteiger partial charge in [0.05, 0.1) is 5.69 Å². The number of nitrogens with one attached hydrogen (secondary N) is 2. The first-order valence-electron chi connectivity index (χ1n) is 9.66. The van der Waals surface area contributed by atoms with Crippen LogP contribution in [0.4, 0.5) is 5.69 Å². The molecule has 150 valence electrons. The fourth-order valence-electron chi connectivity index (χ4n) is 2.76. The number of fused-ring (bicyclic) bond motifs is 1. The van der Waals surface area contributed by atoms with Crippen LogP contribution in [0.15, 0.2) is 29.3 Å². The highest BCUT2D eigenvalue weighted by atomic mass is 16.5. The van der Waals surface area contributed by atoms with Gasteiger partial charge in [0, 0.05) is 39.9 Å². The molecule has 0 saturated carbocycles. The van der Waals surface area contributed by atoms with Crippen LogP contribution in [-0.4, -0.2) is 58.4 Å². The molecule has 0 bridgehead atoms. The predicted octanol–water partition coefficient (Wildman–Crippen LogP) is 2.03. The molecule has 0 fully saturated rings. The minimum atomic E-state index is -0.00222. The minimum Gasteiger partial charge on any atom is -0.482 e. The van der Waals surface area contributed by atoms with Crippen molar-refractivity contribution < 1.29 is 14.3 Å². The number of benzene rings is 1. The molecule has 2 rings (SSSR count). The average molecular weight is 377 g/mol. The van der Waals surface area contributed by atoms with Crippen LogP contribution in [0, 0.1) is 5.92 Å². The maximum Gasteiger partial charge on any atom is 0.265 e. The summed E-state index contributed by atoms with van der Waals surface area (Å²) in [5, 5.41) is 6.56. The first kappa shape index (κ1) is 21.0. The van der Waals surface area contributed by atoms with E-state index in [1.54, 1.807) is 11.9 Å². The molecule has 0 spiro atoms. The van der Waals surface area contributed by atoms with Gasteiger partial charge in [-0.3, -0.25) is 9.79 Å². The molecule has 27 heavy (non-hydrogen) atoms. The van der Waals surface area contributed by atoms with Gasteiger partial charge in [0.25, 0.3) is 5.91 Å². The van der Waals surface area contributed by atoms with E-state index in [0.717, 1.165) is 56.5 Å². The van der Waals surface area contributed by atoms with E-state index in [0.29, 0.717) is 12.5 Å². The average Bonchev–Trinajstić information content (AvgIpc) is 2.67. The maximum absolute atomic E-state index is 12.1. The number of anilines is 1. The summed E-state index contributed by atoms with van der Waals surface area (Å²) in [6.07, 6.45) is 1.75. The van der Waals surface area contributed by atoms with Crippen molar-refractivity contribution in [1.82, 2.24) is 10.6 Å². The second-order valence-electron chi connectivity index (χ2n) is 6.90. The lowest BCUT2D eigenvalue weighted by Crippen LogP contribution is -2.42. The van der Waals surface area contributed by atoms with E-state index in [9.17, 15) is 4.79 Å². The summed E-state index contributed by atoms with van der Waals surface area (Å²) >= 11 is 0. The third-order valence-electron chi connectivity index (χ3n) is 4.09. The first-order valence-corrected chi connectivity index (χ1v) is 9.66. The number of carbonyl (C=O) groups is 1. The van der Waals surface area contributed by atoms with Crippen molar-refractivity contribution in [3.8, 4) is 5.75 Å². The zero-order chi connectivity index (χ0) is 19.5. The second kappa shape index (κ2) is 11.4. The Labute approximate surface area is 162 Å². The Hall–Kier alpha value is -2.28. The topological polar surface area (TPSA) is 75.2 Å². The third kappa shape index (κ3) is 7.09. The molecule has 1 aliphatic rings. The van der Waals surface area contributed by atoms with Crippen molar-refractivity contribution in [2.45, 2.75) is 26.7 Å². The quantitative estimate of drug-likeness (QED) is 0.371.